The second-order valence-corrected chi connectivity index (χ2v) is 7.96. The van der Waals surface area contributed by atoms with Crippen LogP contribution in [0.4, 0.5) is 0 Å². The number of ketones is 1. The number of benzene rings is 2. The Labute approximate surface area is 172 Å². The summed E-state index contributed by atoms with van der Waals surface area (Å²) in [6.45, 7) is 0. The van der Waals surface area contributed by atoms with Gasteiger partial charge in [0.25, 0.3) is 0 Å². The Morgan fingerprint density at radius 2 is 1.79 bits per heavy atom. The molecule has 0 saturated heterocycles. The first kappa shape index (κ1) is 17.8. The zero-order valence-corrected chi connectivity index (χ0v) is 16.7. The van der Waals surface area contributed by atoms with Crippen LogP contribution < -0.4 is 0 Å². The minimum atomic E-state index is 0.0932. The number of carbonyl (C=O) groups is 1. The van der Waals surface area contributed by atoms with Crippen LogP contribution in [0.5, 0.6) is 0 Å². The van der Waals surface area contributed by atoms with E-state index in [4.69, 9.17) is 0 Å². The van der Waals surface area contributed by atoms with Gasteiger partial charge in [-0.2, -0.15) is 0 Å². The lowest BCUT2D eigenvalue weighted by molar-refractivity contribution is 0.102. The molecule has 5 nitrogen and oxygen atoms in total. The molecule has 5 rings (SSSR count). The Hall–Kier alpha value is -3.25. The molecule has 2 aromatic carbocycles. The molecular weight excluding hydrogens is 380 g/mol. The number of fused-ring (bicyclic) bond motifs is 3. The van der Waals surface area contributed by atoms with E-state index >= 15 is 0 Å². The number of Topliss-reactive ketones (excluding diaryl/α,β-unsaturated/α-hetero) is 1. The van der Waals surface area contributed by atoms with Gasteiger partial charge in [-0.15, -0.1) is 10.2 Å². The fraction of sp³-hybridized carbons (Fsp3) is 0.130. The Morgan fingerprint density at radius 3 is 2.66 bits per heavy atom. The molecule has 1 aliphatic carbocycles. The molecule has 0 atom stereocenters. The molecule has 0 amide bonds. The SMILES string of the molecule is Cn1c(SCC(=O)c2ccc3c(c2)-c2ccccc2C3)nnc1-c1ccncc1. The smallest absolute Gasteiger partial charge is 0.191 e. The third-order valence-corrected chi connectivity index (χ3v) is 6.25. The van der Waals surface area contributed by atoms with E-state index in [1.165, 1.54) is 34.0 Å². The summed E-state index contributed by atoms with van der Waals surface area (Å²) in [6, 6.07) is 18.2. The molecule has 0 radical (unpaired) electrons. The van der Waals surface area contributed by atoms with E-state index in [-0.39, 0.29) is 5.78 Å². The first-order chi connectivity index (χ1) is 14.2. The van der Waals surface area contributed by atoms with Crippen LogP contribution in [-0.2, 0) is 13.5 Å². The molecule has 2 heterocycles. The zero-order valence-electron chi connectivity index (χ0n) is 15.9. The van der Waals surface area contributed by atoms with Crippen LogP contribution in [0.25, 0.3) is 22.5 Å². The number of thioether (sulfide) groups is 1. The van der Waals surface area contributed by atoms with Gasteiger partial charge in [-0.3, -0.25) is 9.78 Å². The second-order valence-electron chi connectivity index (χ2n) is 7.02. The van der Waals surface area contributed by atoms with Crippen LogP contribution in [0, 0.1) is 0 Å². The number of hydrogen-bond acceptors (Lipinski definition) is 5. The third kappa shape index (κ3) is 3.25. The number of rotatable bonds is 5. The molecule has 4 aromatic rings. The number of hydrogen-bond donors (Lipinski definition) is 0. The zero-order chi connectivity index (χ0) is 19.8. The Balaban J connectivity index is 1.34. The predicted octanol–water partition coefficient (Wildman–Crippen LogP) is 4.42. The van der Waals surface area contributed by atoms with E-state index in [2.05, 4.69) is 39.4 Å². The summed E-state index contributed by atoms with van der Waals surface area (Å²) in [6.07, 6.45) is 4.39. The van der Waals surface area contributed by atoms with Crippen molar-refractivity contribution in [3.8, 4) is 22.5 Å². The molecule has 0 saturated carbocycles. The van der Waals surface area contributed by atoms with E-state index in [0.29, 0.717) is 5.75 Å². The quantitative estimate of drug-likeness (QED) is 0.324. The molecule has 0 unspecified atom stereocenters. The Kier molecular flexibility index (Phi) is 4.48. The highest BCUT2D eigenvalue weighted by Gasteiger charge is 2.20. The standard InChI is InChI=1S/C23H18N4OS/c1-27-22(15-8-10-24-11-9-15)25-26-23(27)29-14-21(28)18-7-6-17-12-16-4-2-3-5-19(16)20(17)13-18/h2-11,13H,12,14H2,1H3. The van der Waals surface area contributed by atoms with Gasteiger partial charge >= 0.3 is 0 Å². The fourth-order valence-corrected chi connectivity index (χ4v) is 4.51. The van der Waals surface area contributed by atoms with Crippen molar-refractivity contribution in [2.75, 3.05) is 5.75 Å². The van der Waals surface area contributed by atoms with Crippen molar-refractivity contribution in [3.63, 3.8) is 0 Å². The summed E-state index contributed by atoms with van der Waals surface area (Å²) in [5.41, 5.74) is 6.71. The van der Waals surface area contributed by atoms with Crippen molar-refractivity contribution in [1.82, 2.24) is 19.7 Å². The van der Waals surface area contributed by atoms with Gasteiger partial charge in [0.15, 0.2) is 16.8 Å². The Morgan fingerprint density at radius 1 is 1.00 bits per heavy atom. The molecule has 0 fully saturated rings. The van der Waals surface area contributed by atoms with Gasteiger partial charge in [0, 0.05) is 30.6 Å². The molecule has 0 N–H and O–H groups in total. The number of aromatic nitrogens is 4. The second kappa shape index (κ2) is 7.29. The van der Waals surface area contributed by atoms with Crippen molar-refractivity contribution in [2.45, 2.75) is 11.6 Å². The highest BCUT2D eigenvalue weighted by molar-refractivity contribution is 7.99. The van der Waals surface area contributed by atoms with Gasteiger partial charge in [0.05, 0.1) is 5.75 Å². The molecule has 0 bridgehead atoms. The van der Waals surface area contributed by atoms with Crippen LogP contribution in [0.3, 0.4) is 0 Å². The van der Waals surface area contributed by atoms with Crippen molar-refractivity contribution < 1.29 is 4.79 Å². The topological polar surface area (TPSA) is 60.7 Å². The van der Waals surface area contributed by atoms with Crippen molar-refractivity contribution >= 4 is 17.5 Å². The molecule has 6 heteroatoms. The third-order valence-electron chi connectivity index (χ3n) is 5.23. The highest BCUT2D eigenvalue weighted by atomic mass is 32.2. The first-order valence-electron chi connectivity index (χ1n) is 9.38. The molecule has 2 aromatic heterocycles. The summed E-state index contributed by atoms with van der Waals surface area (Å²) in [5.74, 6) is 1.18. The van der Waals surface area contributed by atoms with Crippen LogP contribution in [-0.4, -0.2) is 31.3 Å². The van der Waals surface area contributed by atoms with Gasteiger partial charge in [-0.1, -0.05) is 48.2 Å². The maximum Gasteiger partial charge on any atom is 0.191 e. The summed E-state index contributed by atoms with van der Waals surface area (Å²) < 4.78 is 1.91. The summed E-state index contributed by atoms with van der Waals surface area (Å²) in [4.78, 5) is 16.9. The maximum atomic E-state index is 12.8. The van der Waals surface area contributed by atoms with Crippen molar-refractivity contribution in [2.24, 2.45) is 7.05 Å². The maximum absolute atomic E-state index is 12.8. The van der Waals surface area contributed by atoms with Crippen LogP contribution in [0.15, 0.2) is 72.1 Å². The molecular formula is C23H18N4OS. The average molecular weight is 398 g/mol. The minimum Gasteiger partial charge on any atom is -0.305 e. The molecule has 1 aliphatic rings. The van der Waals surface area contributed by atoms with E-state index in [0.717, 1.165) is 28.5 Å². The molecule has 0 aliphatic heterocycles. The van der Waals surface area contributed by atoms with E-state index in [9.17, 15) is 4.79 Å². The fourth-order valence-electron chi connectivity index (χ4n) is 3.70. The lowest BCUT2D eigenvalue weighted by Gasteiger charge is -2.06. The molecule has 29 heavy (non-hydrogen) atoms. The summed E-state index contributed by atoms with van der Waals surface area (Å²) in [5, 5.41) is 9.23. The molecule has 0 spiro atoms. The van der Waals surface area contributed by atoms with Crippen LogP contribution >= 0.6 is 11.8 Å². The van der Waals surface area contributed by atoms with Crippen LogP contribution in [0.1, 0.15) is 21.5 Å². The number of carbonyl (C=O) groups excluding carboxylic acids is 1. The molecule has 142 valence electrons. The Bertz CT molecular complexity index is 1220. The van der Waals surface area contributed by atoms with Gasteiger partial charge in [0.1, 0.15) is 0 Å². The first-order valence-corrected chi connectivity index (χ1v) is 10.4. The summed E-state index contributed by atoms with van der Waals surface area (Å²) >= 11 is 1.41. The number of pyridine rings is 1. The van der Waals surface area contributed by atoms with E-state index in [1.807, 2.05) is 41.9 Å². The lowest BCUT2D eigenvalue weighted by Crippen LogP contribution is -2.04. The minimum absolute atomic E-state index is 0.0932. The van der Waals surface area contributed by atoms with E-state index < -0.39 is 0 Å². The van der Waals surface area contributed by atoms with Crippen molar-refractivity contribution in [3.05, 3.63) is 83.7 Å². The van der Waals surface area contributed by atoms with Crippen molar-refractivity contribution in [1.29, 1.82) is 0 Å². The van der Waals surface area contributed by atoms with Gasteiger partial charge in [-0.25, -0.2) is 0 Å². The number of nitrogens with zero attached hydrogens (tertiary/aromatic N) is 4. The predicted molar refractivity (Wildman–Crippen MR) is 114 cm³/mol. The van der Waals surface area contributed by atoms with Gasteiger partial charge < -0.3 is 4.57 Å². The van der Waals surface area contributed by atoms with Crippen LogP contribution in [0.2, 0.25) is 0 Å². The van der Waals surface area contributed by atoms with Gasteiger partial charge in [0.2, 0.25) is 0 Å². The largest absolute Gasteiger partial charge is 0.305 e. The lowest BCUT2D eigenvalue weighted by atomic mass is 10.0. The normalized spacial score (nSPS) is 11.9. The summed E-state index contributed by atoms with van der Waals surface area (Å²) in [7, 11) is 1.91. The van der Waals surface area contributed by atoms with E-state index in [1.54, 1.807) is 12.4 Å². The highest BCUT2D eigenvalue weighted by Crippen LogP contribution is 2.37. The monoisotopic (exact) mass is 398 g/mol. The average Bonchev–Trinajstić information content (AvgIpc) is 3.32. The van der Waals surface area contributed by atoms with Gasteiger partial charge in [-0.05, 0) is 46.9 Å².